The number of carboxylic acids is 1. The summed E-state index contributed by atoms with van der Waals surface area (Å²) in [6.07, 6.45) is -3.07. The number of amides is 2. The maximum absolute atomic E-state index is 12.9. The zero-order valence-corrected chi connectivity index (χ0v) is 13.2. The van der Waals surface area contributed by atoms with Gasteiger partial charge in [0.25, 0.3) is 0 Å². The SMILES string of the molecule is CC(C)c1cnc(NC(=O)N2C[C@@H](C(F)(F)F)[C@H](C(=O)O)C2)s1. The Morgan fingerprint density at radius 2 is 2.09 bits per heavy atom. The predicted molar refractivity (Wildman–Crippen MR) is 77.5 cm³/mol. The van der Waals surface area contributed by atoms with Crippen molar-refractivity contribution >= 4 is 28.5 Å². The zero-order valence-electron chi connectivity index (χ0n) is 12.4. The van der Waals surface area contributed by atoms with Gasteiger partial charge in [0.2, 0.25) is 0 Å². The molecule has 0 saturated carbocycles. The first-order valence-corrected chi connectivity index (χ1v) is 7.72. The predicted octanol–water partition coefficient (Wildman–Crippen LogP) is 2.99. The zero-order chi connectivity index (χ0) is 17.4. The molecule has 10 heteroatoms. The Hall–Kier alpha value is -1.84. The van der Waals surface area contributed by atoms with Crippen molar-refractivity contribution in [1.29, 1.82) is 0 Å². The quantitative estimate of drug-likeness (QED) is 0.877. The van der Waals surface area contributed by atoms with Crippen molar-refractivity contribution in [3.05, 3.63) is 11.1 Å². The minimum Gasteiger partial charge on any atom is -0.481 e. The van der Waals surface area contributed by atoms with Gasteiger partial charge in [0.05, 0.1) is 11.8 Å². The van der Waals surface area contributed by atoms with Gasteiger partial charge in [-0.2, -0.15) is 13.2 Å². The van der Waals surface area contributed by atoms with E-state index in [9.17, 15) is 22.8 Å². The molecule has 1 aromatic heterocycles. The van der Waals surface area contributed by atoms with Crippen LogP contribution in [0.25, 0.3) is 0 Å². The number of nitrogens with one attached hydrogen (secondary N) is 1. The van der Waals surface area contributed by atoms with Gasteiger partial charge in [-0.15, -0.1) is 11.3 Å². The second kappa shape index (κ2) is 6.34. The van der Waals surface area contributed by atoms with Crippen molar-refractivity contribution in [2.24, 2.45) is 11.8 Å². The maximum Gasteiger partial charge on any atom is 0.394 e. The third-order valence-electron chi connectivity index (χ3n) is 3.65. The van der Waals surface area contributed by atoms with E-state index >= 15 is 0 Å². The molecule has 1 fully saturated rings. The van der Waals surface area contributed by atoms with Crippen LogP contribution in [0, 0.1) is 11.8 Å². The van der Waals surface area contributed by atoms with Crippen LogP contribution in [0.1, 0.15) is 24.6 Å². The minimum absolute atomic E-state index is 0.218. The minimum atomic E-state index is -4.66. The molecule has 23 heavy (non-hydrogen) atoms. The molecule has 2 atom stereocenters. The molecule has 2 amide bonds. The molecule has 128 valence electrons. The number of halogens is 3. The summed E-state index contributed by atoms with van der Waals surface area (Å²) in [6, 6.07) is -0.771. The van der Waals surface area contributed by atoms with Gasteiger partial charge in [-0.25, -0.2) is 9.78 Å². The van der Waals surface area contributed by atoms with Crippen LogP contribution in [0.4, 0.5) is 23.1 Å². The number of carbonyl (C=O) groups excluding carboxylic acids is 1. The molecule has 0 unspecified atom stereocenters. The smallest absolute Gasteiger partial charge is 0.394 e. The number of aromatic nitrogens is 1. The Morgan fingerprint density at radius 3 is 2.52 bits per heavy atom. The lowest BCUT2D eigenvalue weighted by molar-refractivity contribution is -0.187. The summed E-state index contributed by atoms with van der Waals surface area (Å²) in [5, 5.41) is 11.6. The number of nitrogens with zero attached hydrogens (tertiary/aromatic N) is 2. The number of urea groups is 1. The number of anilines is 1. The Bertz CT molecular complexity index is 603. The average Bonchev–Trinajstić information content (AvgIpc) is 3.03. The number of carbonyl (C=O) groups is 2. The highest BCUT2D eigenvalue weighted by Gasteiger charge is 2.53. The second-order valence-corrected chi connectivity index (χ2v) is 6.71. The largest absolute Gasteiger partial charge is 0.481 e. The van der Waals surface area contributed by atoms with Gasteiger partial charge in [-0.1, -0.05) is 13.8 Å². The van der Waals surface area contributed by atoms with Crippen molar-refractivity contribution in [3.8, 4) is 0 Å². The fraction of sp³-hybridized carbons (Fsp3) is 0.615. The molecule has 1 aliphatic heterocycles. The third-order valence-corrected chi connectivity index (χ3v) is 4.86. The number of hydrogen-bond acceptors (Lipinski definition) is 4. The lowest BCUT2D eigenvalue weighted by Crippen LogP contribution is -2.35. The Kier molecular flexibility index (Phi) is 4.83. The van der Waals surface area contributed by atoms with Crippen LogP contribution >= 0.6 is 11.3 Å². The van der Waals surface area contributed by atoms with Gasteiger partial charge in [0.1, 0.15) is 0 Å². The van der Waals surface area contributed by atoms with E-state index in [1.165, 1.54) is 11.3 Å². The topological polar surface area (TPSA) is 82.5 Å². The van der Waals surface area contributed by atoms with Crippen molar-refractivity contribution in [2.45, 2.75) is 25.9 Å². The lowest BCUT2D eigenvalue weighted by Gasteiger charge is -2.18. The van der Waals surface area contributed by atoms with Crippen LogP contribution in [0.15, 0.2) is 6.20 Å². The van der Waals surface area contributed by atoms with Crippen molar-refractivity contribution in [3.63, 3.8) is 0 Å². The molecule has 0 aromatic carbocycles. The van der Waals surface area contributed by atoms with Gasteiger partial charge in [-0.3, -0.25) is 10.1 Å². The van der Waals surface area contributed by atoms with Crippen LogP contribution in [0.5, 0.6) is 0 Å². The Labute approximate surface area is 134 Å². The fourth-order valence-corrected chi connectivity index (χ4v) is 3.14. The summed E-state index contributed by atoms with van der Waals surface area (Å²) < 4.78 is 38.7. The summed E-state index contributed by atoms with van der Waals surface area (Å²) in [5.74, 6) is -5.05. The van der Waals surface area contributed by atoms with Gasteiger partial charge in [-0.05, 0) is 5.92 Å². The fourth-order valence-electron chi connectivity index (χ4n) is 2.33. The van der Waals surface area contributed by atoms with E-state index in [1.54, 1.807) is 6.20 Å². The number of carboxylic acid groups (broad SMARTS) is 1. The number of alkyl halides is 3. The molecule has 2 rings (SSSR count). The van der Waals surface area contributed by atoms with Gasteiger partial charge in [0.15, 0.2) is 5.13 Å². The molecular formula is C13H16F3N3O3S. The van der Waals surface area contributed by atoms with E-state index in [0.29, 0.717) is 0 Å². The Morgan fingerprint density at radius 1 is 1.43 bits per heavy atom. The summed E-state index contributed by atoms with van der Waals surface area (Å²) in [5.41, 5.74) is 0. The number of hydrogen-bond donors (Lipinski definition) is 2. The van der Waals surface area contributed by atoms with Crippen molar-refractivity contribution in [2.75, 3.05) is 18.4 Å². The molecule has 0 radical (unpaired) electrons. The molecule has 0 bridgehead atoms. The van der Waals surface area contributed by atoms with Crippen LogP contribution in [-0.4, -0.2) is 46.3 Å². The van der Waals surface area contributed by atoms with Crippen LogP contribution in [0.3, 0.4) is 0 Å². The number of likely N-dealkylation sites (tertiary alicyclic amines) is 1. The summed E-state index contributed by atoms with van der Waals surface area (Å²) in [7, 11) is 0. The highest BCUT2D eigenvalue weighted by atomic mass is 32.1. The first-order chi connectivity index (χ1) is 10.6. The molecule has 2 N–H and O–H groups in total. The average molecular weight is 351 g/mol. The van der Waals surface area contributed by atoms with Crippen molar-refractivity contribution < 1.29 is 27.9 Å². The molecule has 0 aliphatic carbocycles. The van der Waals surface area contributed by atoms with E-state index < -0.39 is 43.1 Å². The summed E-state index contributed by atoms with van der Waals surface area (Å²) in [4.78, 5) is 28.8. The highest BCUT2D eigenvalue weighted by molar-refractivity contribution is 7.15. The van der Waals surface area contributed by atoms with Crippen molar-refractivity contribution in [1.82, 2.24) is 9.88 Å². The highest BCUT2D eigenvalue weighted by Crippen LogP contribution is 2.38. The maximum atomic E-state index is 12.9. The van der Waals surface area contributed by atoms with Crippen LogP contribution in [0.2, 0.25) is 0 Å². The second-order valence-electron chi connectivity index (χ2n) is 5.65. The van der Waals surface area contributed by atoms with E-state index in [-0.39, 0.29) is 11.0 Å². The number of rotatable bonds is 3. The molecule has 1 saturated heterocycles. The van der Waals surface area contributed by atoms with E-state index in [1.807, 2.05) is 13.8 Å². The number of thiazole rings is 1. The summed E-state index contributed by atoms with van der Waals surface area (Å²) in [6.45, 7) is 2.75. The normalized spacial score (nSPS) is 21.7. The molecule has 1 aliphatic rings. The lowest BCUT2D eigenvalue weighted by atomic mass is 9.96. The van der Waals surface area contributed by atoms with Crippen LogP contribution in [-0.2, 0) is 4.79 Å². The van der Waals surface area contributed by atoms with Gasteiger partial charge in [0, 0.05) is 24.2 Å². The molecule has 2 heterocycles. The first-order valence-electron chi connectivity index (χ1n) is 6.90. The molecular weight excluding hydrogens is 335 g/mol. The van der Waals surface area contributed by atoms with Gasteiger partial charge >= 0.3 is 18.2 Å². The van der Waals surface area contributed by atoms with E-state index in [4.69, 9.17) is 5.11 Å². The number of aliphatic carboxylic acids is 1. The Balaban J connectivity index is 2.06. The molecule has 0 spiro atoms. The standard InChI is InChI=1S/C13H16F3N3O3S/c1-6(2)9-3-17-11(23-9)18-12(22)19-4-7(10(20)21)8(5-19)13(14,15)16/h3,6-8H,4-5H2,1-2H3,(H,20,21)(H,17,18,22)/t7-,8-/m1/s1. The van der Waals surface area contributed by atoms with E-state index in [0.717, 1.165) is 9.78 Å². The summed E-state index contributed by atoms with van der Waals surface area (Å²) >= 11 is 1.23. The van der Waals surface area contributed by atoms with E-state index in [2.05, 4.69) is 10.3 Å². The third kappa shape index (κ3) is 3.92. The first kappa shape index (κ1) is 17.5. The monoisotopic (exact) mass is 351 g/mol. The van der Waals surface area contributed by atoms with Gasteiger partial charge < -0.3 is 10.0 Å². The molecule has 1 aromatic rings. The molecule has 6 nitrogen and oxygen atoms in total. The van der Waals surface area contributed by atoms with Crippen LogP contribution < -0.4 is 5.32 Å².